The molecule has 5 heteroatoms. The van der Waals surface area contributed by atoms with Gasteiger partial charge in [0.2, 0.25) is 11.9 Å². The zero-order chi connectivity index (χ0) is 9.26. The molecule has 1 aromatic heterocycles. The van der Waals surface area contributed by atoms with E-state index in [0.29, 0.717) is 16.0 Å². The van der Waals surface area contributed by atoms with Crippen molar-refractivity contribution >= 4 is 34.5 Å². The highest BCUT2D eigenvalue weighted by molar-refractivity contribution is 6.31. The van der Waals surface area contributed by atoms with Crippen LogP contribution < -0.4 is 0 Å². The van der Waals surface area contributed by atoms with Crippen LogP contribution in [0.3, 0.4) is 0 Å². The lowest BCUT2D eigenvalue weighted by molar-refractivity contribution is 0.458. The van der Waals surface area contributed by atoms with Crippen molar-refractivity contribution in [2.75, 3.05) is 0 Å². The fourth-order valence-electron chi connectivity index (χ4n) is 1.02. The third kappa shape index (κ3) is 1.33. The van der Waals surface area contributed by atoms with Crippen LogP contribution in [0.1, 0.15) is 0 Å². The first-order valence-electron chi connectivity index (χ1n) is 3.44. The van der Waals surface area contributed by atoms with Crippen molar-refractivity contribution in [1.29, 1.82) is 0 Å². The fourth-order valence-corrected chi connectivity index (χ4v) is 1.19. The van der Waals surface area contributed by atoms with E-state index in [2.05, 4.69) is 10.1 Å². The molecule has 0 saturated heterocycles. The maximum absolute atomic E-state index is 9.99. The molecule has 0 amide bonds. The Labute approximate surface area is 77.8 Å². The summed E-state index contributed by atoms with van der Waals surface area (Å²) in [7, 11) is 0. The van der Waals surface area contributed by atoms with E-state index in [1.54, 1.807) is 18.2 Å². The maximum Gasteiger partial charge on any atom is 0.242 e. The van der Waals surface area contributed by atoms with Gasteiger partial charge in [0, 0.05) is 5.02 Å². The molecule has 1 heterocycles. The van der Waals surface area contributed by atoms with E-state index in [0.717, 1.165) is 0 Å². The van der Waals surface area contributed by atoms with Crippen LogP contribution >= 0.6 is 11.6 Å². The van der Waals surface area contributed by atoms with Gasteiger partial charge < -0.3 is 4.52 Å². The van der Waals surface area contributed by atoms with Gasteiger partial charge in [-0.1, -0.05) is 16.8 Å². The zero-order valence-corrected chi connectivity index (χ0v) is 7.08. The Balaban J connectivity index is 2.78. The Morgan fingerprint density at radius 3 is 3.15 bits per heavy atom. The number of aromatic nitrogens is 1. The van der Waals surface area contributed by atoms with Crippen LogP contribution in [-0.2, 0) is 4.79 Å². The largest absolute Gasteiger partial charge is 0.354 e. The number of aliphatic imine (C=N–C) groups is 1. The number of hydrogen-bond donors (Lipinski definition) is 0. The molecule has 2 rings (SSSR count). The van der Waals surface area contributed by atoms with Crippen LogP contribution in [0.5, 0.6) is 0 Å². The fraction of sp³-hybridized carbons (Fsp3) is 0. The summed E-state index contributed by atoms with van der Waals surface area (Å²) in [5.74, 6) is 0.201. The molecule has 0 aliphatic heterocycles. The summed E-state index contributed by atoms with van der Waals surface area (Å²) in [5, 5.41) is 4.71. The lowest BCUT2D eigenvalue weighted by Gasteiger charge is -1.87. The second-order valence-electron chi connectivity index (χ2n) is 2.35. The lowest BCUT2D eigenvalue weighted by Crippen LogP contribution is -1.66. The predicted molar refractivity (Wildman–Crippen MR) is 46.8 cm³/mol. The Morgan fingerprint density at radius 1 is 1.54 bits per heavy atom. The number of isocyanates is 1. The minimum atomic E-state index is 0.201. The Kier molecular flexibility index (Phi) is 1.85. The first kappa shape index (κ1) is 7.98. The highest BCUT2D eigenvalue weighted by Crippen LogP contribution is 2.27. The van der Waals surface area contributed by atoms with Crippen molar-refractivity contribution in [2.24, 2.45) is 4.99 Å². The second kappa shape index (κ2) is 3.01. The van der Waals surface area contributed by atoms with E-state index < -0.39 is 0 Å². The van der Waals surface area contributed by atoms with Gasteiger partial charge in [-0.05, 0) is 18.2 Å². The van der Waals surface area contributed by atoms with Gasteiger partial charge >= 0.3 is 0 Å². The van der Waals surface area contributed by atoms with E-state index in [-0.39, 0.29) is 5.82 Å². The summed E-state index contributed by atoms with van der Waals surface area (Å²) in [6, 6.07) is 4.96. The molecule has 0 radical (unpaired) electrons. The minimum Gasteiger partial charge on any atom is -0.354 e. The molecule has 0 unspecified atom stereocenters. The molecule has 0 aliphatic rings. The number of rotatable bonds is 1. The van der Waals surface area contributed by atoms with Crippen molar-refractivity contribution < 1.29 is 9.32 Å². The number of benzene rings is 1. The average Bonchev–Trinajstić information content (AvgIpc) is 2.49. The number of fused-ring (bicyclic) bond motifs is 1. The van der Waals surface area contributed by atoms with Gasteiger partial charge in [0.25, 0.3) is 0 Å². The van der Waals surface area contributed by atoms with Gasteiger partial charge in [0.05, 0.1) is 5.39 Å². The van der Waals surface area contributed by atoms with Crippen molar-refractivity contribution in [2.45, 2.75) is 0 Å². The Morgan fingerprint density at radius 2 is 2.38 bits per heavy atom. The molecule has 13 heavy (non-hydrogen) atoms. The maximum atomic E-state index is 9.99. The van der Waals surface area contributed by atoms with Crippen molar-refractivity contribution in [3.63, 3.8) is 0 Å². The summed E-state index contributed by atoms with van der Waals surface area (Å²) in [5.41, 5.74) is 0.540. The van der Waals surface area contributed by atoms with Crippen LogP contribution in [0.15, 0.2) is 27.7 Å². The summed E-state index contributed by atoms with van der Waals surface area (Å²) in [4.78, 5) is 13.4. The Bertz CT molecular complexity index is 500. The summed E-state index contributed by atoms with van der Waals surface area (Å²) < 4.78 is 4.88. The van der Waals surface area contributed by atoms with Crippen LogP contribution in [0.25, 0.3) is 11.0 Å². The molecular weight excluding hydrogens is 192 g/mol. The molecule has 0 atom stereocenters. The third-order valence-corrected chi connectivity index (χ3v) is 1.80. The molecule has 0 spiro atoms. The van der Waals surface area contributed by atoms with Crippen molar-refractivity contribution in [3.05, 3.63) is 23.2 Å². The van der Waals surface area contributed by atoms with Crippen LogP contribution in [-0.4, -0.2) is 11.2 Å². The van der Waals surface area contributed by atoms with E-state index in [1.807, 2.05) is 0 Å². The number of carbonyl (C=O) groups excluding carboxylic acids is 1. The molecule has 0 bridgehead atoms. The van der Waals surface area contributed by atoms with Gasteiger partial charge in [-0.25, -0.2) is 4.79 Å². The van der Waals surface area contributed by atoms with Crippen molar-refractivity contribution in [1.82, 2.24) is 5.16 Å². The van der Waals surface area contributed by atoms with E-state index >= 15 is 0 Å². The smallest absolute Gasteiger partial charge is 0.242 e. The SMILES string of the molecule is O=C=Nc1noc2ccc(Cl)cc12. The van der Waals surface area contributed by atoms with E-state index in [1.165, 1.54) is 6.08 Å². The predicted octanol–water partition coefficient (Wildman–Crippen LogP) is 2.45. The molecule has 0 aliphatic carbocycles. The zero-order valence-electron chi connectivity index (χ0n) is 6.32. The quantitative estimate of drug-likeness (QED) is 0.518. The summed E-state index contributed by atoms with van der Waals surface area (Å²) >= 11 is 5.74. The van der Waals surface area contributed by atoms with Gasteiger partial charge in [0.15, 0.2) is 5.58 Å². The highest BCUT2D eigenvalue weighted by atomic mass is 35.5. The van der Waals surface area contributed by atoms with Crippen LogP contribution in [0.2, 0.25) is 5.02 Å². The molecule has 64 valence electrons. The molecule has 0 saturated carbocycles. The van der Waals surface area contributed by atoms with Crippen LogP contribution in [0, 0.1) is 0 Å². The Hall–Kier alpha value is -1.64. The third-order valence-electron chi connectivity index (χ3n) is 1.56. The summed E-state index contributed by atoms with van der Waals surface area (Å²) in [6.07, 6.45) is 1.39. The van der Waals surface area contributed by atoms with E-state index in [4.69, 9.17) is 16.1 Å². The minimum absolute atomic E-state index is 0.201. The standard InChI is InChI=1S/C8H3ClN2O2/c9-5-1-2-7-6(3-5)8(10-4-12)11-13-7/h1-3H. The second-order valence-corrected chi connectivity index (χ2v) is 2.79. The van der Waals surface area contributed by atoms with Gasteiger partial charge in [-0.2, -0.15) is 0 Å². The lowest BCUT2D eigenvalue weighted by atomic mass is 10.2. The first-order chi connectivity index (χ1) is 6.31. The van der Waals surface area contributed by atoms with E-state index in [9.17, 15) is 4.79 Å². The number of nitrogens with zero attached hydrogens (tertiary/aromatic N) is 2. The topological polar surface area (TPSA) is 55.5 Å². The number of hydrogen-bond acceptors (Lipinski definition) is 4. The molecule has 0 fully saturated rings. The molecule has 4 nitrogen and oxygen atoms in total. The van der Waals surface area contributed by atoms with Crippen molar-refractivity contribution in [3.8, 4) is 0 Å². The highest BCUT2D eigenvalue weighted by Gasteiger charge is 2.06. The number of halogens is 1. The summed E-state index contributed by atoms with van der Waals surface area (Å²) in [6.45, 7) is 0. The van der Waals surface area contributed by atoms with Gasteiger partial charge in [0.1, 0.15) is 0 Å². The van der Waals surface area contributed by atoms with Gasteiger partial charge in [-0.3, -0.25) is 0 Å². The monoisotopic (exact) mass is 194 g/mol. The van der Waals surface area contributed by atoms with Crippen LogP contribution in [0.4, 0.5) is 5.82 Å². The average molecular weight is 195 g/mol. The molecular formula is C8H3ClN2O2. The van der Waals surface area contributed by atoms with Gasteiger partial charge in [-0.15, -0.1) is 4.99 Å². The normalized spacial score (nSPS) is 9.92. The molecule has 2 aromatic rings. The molecule has 1 aromatic carbocycles. The first-order valence-corrected chi connectivity index (χ1v) is 3.82. The molecule has 0 N–H and O–H groups in total.